The molecular weight excluding hydrogens is 338 g/mol. The molecule has 1 aromatic carbocycles. The van der Waals surface area contributed by atoms with E-state index in [1.807, 2.05) is 0 Å². The van der Waals surface area contributed by atoms with Crippen LogP contribution in [0.5, 0.6) is 0 Å². The van der Waals surface area contributed by atoms with Gasteiger partial charge < -0.3 is 5.32 Å². The molecule has 5 atom stereocenters. The topological polar surface area (TPSA) is 12.0 Å². The van der Waals surface area contributed by atoms with E-state index in [2.05, 4.69) is 70.4 Å². The minimum Gasteiger partial charge on any atom is -0.382 e. The Labute approximate surface area is 173 Å². The Hall–Kier alpha value is -1.50. The second kappa shape index (κ2) is 8.89. The minimum atomic E-state index is 0.481. The largest absolute Gasteiger partial charge is 0.382 e. The van der Waals surface area contributed by atoms with Gasteiger partial charge in [-0.2, -0.15) is 0 Å². The van der Waals surface area contributed by atoms with Gasteiger partial charge in [0.25, 0.3) is 0 Å². The fourth-order valence-electron chi connectivity index (χ4n) is 6.30. The van der Waals surface area contributed by atoms with Crippen molar-refractivity contribution in [2.24, 2.45) is 23.2 Å². The van der Waals surface area contributed by atoms with Gasteiger partial charge in [-0.25, -0.2) is 0 Å². The van der Waals surface area contributed by atoms with Crippen molar-refractivity contribution < 1.29 is 0 Å². The highest BCUT2D eigenvalue weighted by atomic mass is 14.9. The lowest BCUT2D eigenvalue weighted by Crippen LogP contribution is -2.36. The summed E-state index contributed by atoms with van der Waals surface area (Å²) in [6, 6.07) is 9.28. The smallest absolute Gasteiger partial charge is 0.0342 e. The molecule has 0 saturated heterocycles. The molecule has 1 nitrogen and oxygen atoms in total. The molecular formula is C27H41N. The SMILES string of the molecule is C=C(C)CC(CCC(C)[C@H]1CCC2C(=C)CCC[C@@]21C)Nc1ccc(C)cc1. The number of fused-ring (bicyclic) bond motifs is 1. The van der Waals surface area contributed by atoms with Crippen molar-refractivity contribution in [2.75, 3.05) is 5.32 Å². The van der Waals surface area contributed by atoms with Gasteiger partial charge in [-0.3, -0.25) is 0 Å². The molecule has 3 unspecified atom stereocenters. The molecule has 0 aliphatic heterocycles. The average Bonchev–Trinajstić information content (AvgIpc) is 2.99. The predicted octanol–water partition coefficient (Wildman–Crippen LogP) is 7.93. The summed E-state index contributed by atoms with van der Waals surface area (Å²) in [5.41, 5.74) is 5.87. The molecule has 2 aliphatic rings. The van der Waals surface area contributed by atoms with Crippen LogP contribution in [0.2, 0.25) is 0 Å². The number of aryl methyl sites for hydroxylation is 1. The highest BCUT2D eigenvalue weighted by Crippen LogP contribution is 2.59. The van der Waals surface area contributed by atoms with Crippen LogP contribution >= 0.6 is 0 Å². The van der Waals surface area contributed by atoms with Gasteiger partial charge in [-0.1, -0.05) is 49.3 Å². The molecule has 3 rings (SSSR count). The molecule has 0 radical (unpaired) electrons. The Balaban J connectivity index is 1.61. The van der Waals surface area contributed by atoms with E-state index in [0.717, 1.165) is 24.2 Å². The summed E-state index contributed by atoms with van der Waals surface area (Å²) in [7, 11) is 0. The maximum Gasteiger partial charge on any atom is 0.0342 e. The van der Waals surface area contributed by atoms with Crippen LogP contribution in [-0.2, 0) is 0 Å². The van der Waals surface area contributed by atoms with Crippen LogP contribution in [0.25, 0.3) is 0 Å². The highest BCUT2D eigenvalue weighted by molar-refractivity contribution is 5.45. The standard InChI is InChI=1S/C27H41N/c1-19(2)18-24(28-23-12-9-20(3)10-13-23)14-11-22(5)26-16-15-25-21(4)8-7-17-27(25,26)6/h9-10,12-13,22,24-26,28H,1,4,7-8,11,14-18H2,2-3,5-6H3/t22?,24?,25?,26-,27+/m1/s1. The lowest BCUT2D eigenvalue weighted by molar-refractivity contribution is 0.0932. The fraction of sp³-hybridized carbons (Fsp3) is 0.630. The number of nitrogens with one attached hydrogen (secondary N) is 1. The molecule has 0 aromatic heterocycles. The summed E-state index contributed by atoms with van der Waals surface area (Å²) in [5.74, 6) is 2.43. The number of benzene rings is 1. The minimum absolute atomic E-state index is 0.481. The van der Waals surface area contributed by atoms with Crippen molar-refractivity contribution in [2.45, 2.75) is 85.1 Å². The van der Waals surface area contributed by atoms with Gasteiger partial charge in [-0.15, -0.1) is 6.58 Å². The Morgan fingerprint density at radius 1 is 1.21 bits per heavy atom. The number of rotatable bonds is 8. The summed E-state index contributed by atoms with van der Waals surface area (Å²) < 4.78 is 0. The summed E-state index contributed by atoms with van der Waals surface area (Å²) in [6.07, 6.45) is 10.4. The Morgan fingerprint density at radius 2 is 1.93 bits per heavy atom. The predicted molar refractivity (Wildman–Crippen MR) is 124 cm³/mol. The van der Waals surface area contributed by atoms with Gasteiger partial charge in [0.2, 0.25) is 0 Å². The van der Waals surface area contributed by atoms with Gasteiger partial charge in [0, 0.05) is 11.7 Å². The van der Waals surface area contributed by atoms with Crippen LogP contribution in [0.4, 0.5) is 5.69 Å². The van der Waals surface area contributed by atoms with Crippen LogP contribution in [0.15, 0.2) is 48.6 Å². The van der Waals surface area contributed by atoms with Gasteiger partial charge >= 0.3 is 0 Å². The zero-order valence-corrected chi connectivity index (χ0v) is 18.7. The molecule has 2 aliphatic carbocycles. The first kappa shape index (κ1) is 21.2. The Bertz CT molecular complexity index is 685. The van der Waals surface area contributed by atoms with Crippen molar-refractivity contribution in [3.63, 3.8) is 0 Å². The highest BCUT2D eigenvalue weighted by Gasteiger charge is 2.50. The van der Waals surface area contributed by atoms with Crippen LogP contribution < -0.4 is 5.32 Å². The first-order valence-corrected chi connectivity index (χ1v) is 11.4. The van der Waals surface area contributed by atoms with Crippen LogP contribution in [0.3, 0.4) is 0 Å². The Morgan fingerprint density at radius 3 is 2.61 bits per heavy atom. The zero-order chi connectivity index (χ0) is 20.3. The summed E-state index contributed by atoms with van der Waals surface area (Å²) in [5, 5.41) is 3.78. The molecule has 0 amide bonds. The van der Waals surface area contributed by atoms with Crippen molar-refractivity contribution in [3.8, 4) is 0 Å². The van der Waals surface area contributed by atoms with E-state index in [0.29, 0.717) is 11.5 Å². The second-order valence-electron chi connectivity index (χ2n) is 10.2. The summed E-state index contributed by atoms with van der Waals surface area (Å²) >= 11 is 0. The molecule has 2 fully saturated rings. The van der Waals surface area contributed by atoms with Gasteiger partial charge in [0.1, 0.15) is 0 Å². The molecule has 0 spiro atoms. The van der Waals surface area contributed by atoms with E-state index in [-0.39, 0.29) is 0 Å². The normalized spacial score (nSPS) is 29.2. The first-order valence-electron chi connectivity index (χ1n) is 11.4. The number of hydrogen-bond donors (Lipinski definition) is 1. The molecule has 1 heteroatoms. The quantitative estimate of drug-likeness (QED) is 0.452. The number of anilines is 1. The first-order chi connectivity index (χ1) is 13.3. The maximum absolute atomic E-state index is 4.44. The van der Waals surface area contributed by atoms with E-state index in [9.17, 15) is 0 Å². The van der Waals surface area contributed by atoms with Crippen molar-refractivity contribution in [1.29, 1.82) is 0 Å². The van der Waals surface area contributed by atoms with Gasteiger partial charge in [-0.05, 0) is 101 Å². The van der Waals surface area contributed by atoms with E-state index < -0.39 is 0 Å². The van der Waals surface area contributed by atoms with Crippen molar-refractivity contribution in [3.05, 3.63) is 54.1 Å². The number of hydrogen-bond acceptors (Lipinski definition) is 1. The third-order valence-corrected chi connectivity index (χ3v) is 7.79. The average molecular weight is 380 g/mol. The summed E-state index contributed by atoms with van der Waals surface area (Å²) in [6.45, 7) is 18.0. The third kappa shape index (κ3) is 4.73. The molecule has 0 bridgehead atoms. The van der Waals surface area contributed by atoms with Crippen LogP contribution in [0.1, 0.15) is 77.7 Å². The Kier molecular flexibility index (Phi) is 6.73. The lowest BCUT2D eigenvalue weighted by atomic mass is 9.61. The van der Waals surface area contributed by atoms with Crippen molar-refractivity contribution >= 4 is 5.69 Å². The van der Waals surface area contributed by atoms with E-state index in [1.54, 1.807) is 5.57 Å². The summed E-state index contributed by atoms with van der Waals surface area (Å²) in [4.78, 5) is 0. The number of allylic oxidation sites excluding steroid dienone is 1. The second-order valence-corrected chi connectivity index (χ2v) is 10.2. The fourth-order valence-corrected chi connectivity index (χ4v) is 6.30. The van der Waals surface area contributed by atoms with E-state index in [4.69, 9.17) is 0 Å². The van der Waals surface area contributed by atoms with Crippen LogP contribution in [0, 0.1) is 30.1 Å². The van der Waals surface area contributed by atoms with E-state index >= 15 is 0 Å². The van der Waals surface area contributed by atoms with Gasteiger partial charge in [0.15, 0.2) is 0 Å². The van der Waals surface area contributed by atoms with Crippen LogP contribution in [-0.4, -0.2) is 6.04 Å². The maximum atomic E-state index is 4.44. The molecule has 28 heavy (non-hydrogen) atoms. The van der Waals surface area contributed by atoms with Crippen molar-refractivity contribution in [1.82, 2.24) is 0 Å². The molecule has 1 aromatic rings. The lowest BCUT2D eigenvalue weighted by Gasteiger charge is -2.44. The molecule has 2 saturated carbocycles. The third-order valence-electron chi connectivity index (χ3n) is 7.79. The molecule has 1 N–H and O–H groups in total. The molecule has 154 valence electrons. The van der Waals surface area contributed by atoms with Gasteiger partial charge in [0.05, 0.1) is 0 Å². The van der Waals surface area contributed by atoms with E-state index in [1.165, 1.54) is 61.8 Å². The molecule has 0 heterocycles. The zero-order valence-electron chi connectivity index (χ0n) is 18.7. The monoisotopic (exact) mass is 379 g/mol.